The molecule has 2 N–H and O–H groups in total. The Balaban J connectivity index is 2.41. The number of hydrogen-bond donors (Lipinski definition) is 1. The van der Waals surface area contributed by atoms with Gasteiger partial charge in [0.15, 0.2) is 0 Å². The molecule has 2 aromatic carbocycles. The predicted molar refractivity (Wildman–Crippen MR) is 73.1 cm³/mol. The van der Waals surface area contributed by atoms with E-state index in [1.54, 1.807) is 0 Å². The minimum Gasteiger partial charge on any atom is -0.450 e. The van der Waals surface area contributed by atoms with Crippen molar-refractivity contribution < 1.29 is 18.8 Å². The van der Waals surface area contributed by atoms with Gasteiger partial charge < -0.3 is 10.5 Å². The summed E-state index contributed by atoms with van der Waals surface area (Å²) in [5.41, 5.74) is 4.60. The number of primary amides is 1. The lowest BCUT2D eigenvalue weighted by atomic mass is 10.2. The number of amides is 1. The molecule has 8 heteroatoms. The van der Waals surface area contributed by atoms with Crippen LogP contribution in [0, 0.1) is 15.9 Å². The Morgan fingerprint density at radius 3 is 2.57 bits per heavy atom. The van der Waals surface area contributed by atoms with E-state index >= 15 is 0 Å². The van der Waals surface area contributed by atoms with Crippen LogP contribution in [0.25, 0.3) is 0 Å². The van der Waals surface area contributed by atoms with Crippen molar-refractivity contribution in [1.29, 1.82) is 0 Å². The number of hydrogen-bond acceptors (Lipinski definition) is 4. The van der Waals surface area contributed by atoms with E-state index in [1.807, 2.05) is 0 Å². The number of rotatable bonds is 4. The van der Waals surface area contributed by atoms with Gasteiger partial charge in [0.05, 0.1) is 9.95 Å². The van der Waals surface area contributed by atoms with Gasteiger partial charge in [-0.3, -0.25) is 14.9 Å². The maximum absolute atomic E-state index is 13.0. The third-order valence-corrected chi connectivity index (χ3v) is 2.85. The molecule has 1 amide bonds. The highest BCUT2D eigenvalue weighted by atomic mass is 35.5. The first-order valence-electron chi connectivity index (χ1n) is 5.59. The van der Waals surface area contributed by atoms with Gasteiger partial charge in [0.25, 0.3) is 0 Å². The molecule has 108 valence electrons. The van der Waals surface area contributed by atoms with Gasteiger partial charge in [0.2, 0.25) is 11.7 Å². The fourth-order valence-electron chi connectivity index (χ4n) is 1.57. The van der Waals surface area contributed by atoms with E-state index < -0.39 is 22.3 Å². The molecule has 21 heavy (non-hydrogen) atoms. The van der Waals surface area contributed by atoms with E-state index in [9.17, 15) is 19.3 Å². The summed E-state index contributed by atoms with van der Waals surface area (Å²) in [6.45, 7) is 0. The molecule has 0 heterocycles. The van der Waals surface area contributed by atoms with Crippen molar-refractivity contribution in [3.05, 3.63) is 62.9 Å². The Hall–Kier alpha value is -2.67. The van der Waals surface area contributed by atoms with Gasteiger partial charge in [0.1, 0.15) is 11.6 Å². The molecule has 0 radical (unpaired) electrons. The van der Waals surface area contributed by atoms with Crippen LogP contribution < -0.4 is 10.5 Å². The minimum atomic E-state index is -0.797. The first kappa shape index (κ1) is 14.7. The molecule has 6 nitrogen and oxygen atoms in total. The van der Waals surface area contributed by atoms with Crippen molar-refractivity contribution >= 4 is 23.2 Å². The lowest BCUT2D eigenvalue weighted by Gasteiger charge is -2.07. The number of nitrogens with two attached hydrogens (primary N) is 1. The second kappa shape index (κ2) is 5.76. The summed E-state index contributed by atoms with van der Waals surface area (Å²) in [7, 11) is 0. The maximum Gasteiger partial charge on any atom is 0.312 e. The van der Waals surface area contributed by atoms with E-state index in [0.29, 0.717) is 0 Å². The average molecular weight is 311 g/mol. The summed E-state index contributed by atoms with van der Waals surface area (Å²) in [5.74, 6) is -1.43. The van der Waals surface area contributed by atoms with Crippen LogP contribution in [-0.2, 0) is 0 Å². The molecule has 2 aromatic rings. The normalized spacial score (nSPS) is 10.2. The molecule has 0 aliphatic carbocycles. The fraction of sp³-hybridized carbons (Fsp3) is 0. The van der Waals surface area contributed by atoms with Crippen molar-refractivity contribution in [2.45, 2.75) is 0 Å². The van der Waals surface area contributed by atoms with Crippen LogP contribution in [0.5, 0.6) is 11.5 Å². The average Bonchev–Trinajstić information content (AvgIpc) is 2.43. The van der Waals surface area contributed by atoms with Crippen LogP contribution in [0.4, 0.5) is 10.1 Å². The van der Waals surface area contributed by atoms with Crippen LogP contribution in [0.1, 0.15) is 10.4 Å². The van der Waals surface area contributed by atoms with Crippen LogP contribution in [-0.4, -0.2) is 10.8 Å². The number of halogens is 2. The third kappa shape index (κ3) is 3.26. The first-order valence-corrected chi connectivity index (χ1v) is 5.97. The van der Waals surface area contributed by atoms with Crippen molar-refractivity contribution in [2.75, 3.05) is 0 Å². The van der Waals surface area contributed by atoms with Gasteiger partial charge >= 0.3 is 5.69 Å². The summed E-state index contributed by atoms with van der Waals surface area (Å²) in [6.07, 6.45) is 0. The molecule has 0 saturated carbocycles. The molecule has 0 aliphatic heterocycles. The summed E-state index contributed by atoms with van der Waals surface area (Å²) >= 11 is 5.60. The van der Waals surface area contributed by atoms with Crippen LogP contribution in [0.3, 0.4) is 0 Å². The largest absolute Gasteiger partial charge is 0.450 e. The fourth-order valence-corrected chi connectivity index (χ4v) is 1.74. The predicted octanol–water partition coefficient (Wildman–Crippen LogP) is 3.28. The number of carbonyl (C=O) groups is 1. The molecule has 0 aromatic heterocycles. The van der Waals surface area contributed by atoms with Crippen molar-refractivity contribution in [1.82, 2.24) is 0 Å². The zero-order chi connectivity index (χ0) is 15.6. The minimum absolute atomic E-state index is 0.0220. The first-order chi connectivity index (χ1) is 9.88. The molecular weight excluding hydrogens is 303 g/mol. The van der Waals surface area contributed by atoms with Gasteiger partial charge in [-0.25, -0.2) is 4.39 Å². The lowest BCUT2D eigenvalue weighted by Crippen LogP contribution is -2.11. The topological polar surface area (TPSA) is 95.5 Å². The standard InChI is InChI=1S/C13H8ClFN2O4/c14-9-6-8(2-3-10(9)15)21-12-4-1-7(13(16)18)5-11(12)17(19)20/h1-6H,(H2,16,18). The summed E-state index contributed by atoms with van der Waals surface area (Å²) in [6, 6.07) is 7.05. The highest BCUT2D eigenvalue weighted by Gasteiger charge is 2.18. The van der Waals surface area contributed by atoms with E-state index in [1.165, 1.54) is 24.3 Å². The molecular formula is C13H8ClFN2O4. The Kier molecular flexibility index (Phi) is 4.04. The van der Waals surface area contributed by atoms with Gasteiger partial charge in [-0.15, -0.1) is 0 Å². The summed E-state index contributed by atoms with van der Waals surface area (Å²) < 4.78 is 18.3. The second-order valence-electron chi connectivity index (χ2n) is 3.98. The number of carbonyl (C=O) groups excluding carboxylic acids is 1. The van der Waals surface area contributed by atoms with Gasteiger partial charge in [-0.05, 0) is 24.3 Å². The summed E-state index contributed by atoms with van der Waals surface area (Å²) in [4.78, 5) is 21.3. The van der Waals surface area contributed by atoms with Crippen molar-refractivity contribution in [3.63, 3.8) is 0 Å². The van der Waals surface area contributed by atoms with Gasteiger partial charge in [0, 0.05) is 17.7 Å². The number of benzene rings is 2. The molecule has 2 rings (SSSR count). The highest BCUT2D eigenvalue weighted by molar-refractivity contribution is 6.30. The zero-order valence-electron chi connectivity index (χ0n) is 10.4. The van der Waals surface area contributed by atoms with Crippen LogP contribution in [0.2, 0.25) is 5.02 Å². The monoisotopic (exact) mass is 310 g/mol. The molecule has 0 unspecified atom stereocenters. The number of nitro benzene ring substituents is 1. The lowest BCUT2D eigenvalue weighted by molar-refractivity contribution is -0.385. The Bertz CT molecular complexity index is 736. The highest BCUT2D eigenvalue weighted by Crippen LogP contribution is 2.33. The second-order valence-corrected chi connectivity index (χ2v) is 4.39. The Morgan fingerprint density at radius 1 is 1.29 bits per heavy atom. The van der Waals surface area contributed by atoms with E-state index in [-0.39, 0.29) is 22.1 Å². The number of nitrogens with zero attached hydrogens (tertiary/aromatic N) is 1. The number of ether oxygens (including phenoxy) is 1. The molecule has 0 atom stereocenters. The summed E-state index contributed by atoms with van der Waals surface area (Å²) in [5, 5.41) is 10.8. The van der Waals surface area contributed by atoms with Crippen LogP contribution in [0.15, 0.2) is 36.4 Å². The van der Waals surface area contributed by atoms with E-state index in [2.05, 4.69) is 0 Å². The molecule has 0 aliphatic rings. The molecule has 0 bridgehead atoms. The zero-order valence-corrected chi connectivity index (χ0v) is 11.1. The van der Waals surface area contributed by atoms with Crippen LogP contribution >= 0.6 is 11.6 Å². The SMILES string of the molecule is NC(=O)c1ccc(Oc2ccc(F)c(Cl)c2)c([N+](=O)[O-])c1. The molecule has 0 saturated heterocycles. The Morgan fingerprint density at radius 2 is 2.00 bits per heavy atom. The third-order valence-electron chi connectivity index (χ3n) is 2.56. The van der Waals surface area contributed by atoms with E-state index in [4.69, 9.17) is 22.1 Å². The van der Waals surface area contributed by atoms with Gasteiger partial charge in [-0.1, -0.05) is 11.6 Å². The maximum atomic E-state index is 13.0. The quantitative estimate of drug-likeness (QED) is 0.692. The van der Waals surface area contributed by atoms with Crippen molar-refractivity contribution in [3.8, 4) is 11.5 Å². The number of nitro groups is 1. The van der Waals surface area contributed by atoms with Crippen molar-refractivity contribution in [2.24, 2.45) is 5.73 Å². The van der Waals surface area contributed by atoms with Gasteiger partial charge in [-0.2, -0.15) is 0 Å². The smallest absolute Gasteiger partial charge is 0.312 e. The molecule has 0 spiro atoms. The Labute approximate surface area is 123 Å². The molecule has 0 fully saturated rings. The van der Waals surface area contributed by atoms with E-state index in [0.717, 1.165) is 12.1 Å².